The first-order chi connectivity index (χ1) is 11.2. The molecule has 0 heterocycles. The summed E-state index contributed by atoms with van der Waals surface area (Å²) in [5.41, 5.74) is -0.596. The van der Waals surface area contributed by atoms with Gasteiger partial charge < -0.3 is 5.11 Å². The Morgan fingerprint density at radius 1 is 1.12 bits per heavy atom. The number of aliphatic hydroxyl groups excluding tert-OH is 1. The molecule has 6 unspecified atom stereocenters. The van der Waals surface area contributed by atoms with Gasteiger partial charge in [0.25, 0.3) is 0 Å². The van der Waals surface area contributed by atoms with Gasteiger partial charge in [-0.2, -0.15) is 0 Å². The van der Waals surface area contributed by atoms with Crippen molar-refractivity contribution >= 4 is 5.78 Å². The summed E-state index contributed by atoms with van der Waals surface area (Å²) in [4.78, 5) is 17.5. The van der Waals surface area contributed by atoms with E-state index in [4.69, 9.17) is 4.89 Å². The van der Waals surface area contributed by atoms with Gasteiger partial charge in [-0.25, -0.2) is 4.89 Å². The Bertz CT molecular complexity index is 552. The molecule has 0 aliphatic heterocycles. The largest absolute Gasteiger partial charge is 0.393 e. The SMILES string of the molecule is CC1(C)C(=O)CCC2(C)C3CCC4CC3(CCC12)CC4(CO)OO. The van der Waals surface area contributed by atoms with E-state index in [1.807, 2.05) is 0 Å². The van der Waals surface area contributed by atoms with Crippen molar-refractivity contribution in [3.63, 3.8) is 0 Å². The fraction of sp³-hybridized carbons (Fsp3) is 0.950. The lowest BCUT2D eigenvalue weighted by molar-refractivity contribution is -0.341. The number of hydrogen-bond acceptors (Lipinski definition) is 4. The van der Waals surface area contributed by atoms with Gasteiger partial charge in [0.05, 0.1) is 6.61 Å². The van der Waals surface area contributed by atoms with Crippen molar-refractivity contribution in [2.45, 2.75) is 77.7 Å². The van der Waals surface area contributed by atoms with Gasteiger partial charge in [0, 0.05) is 11.8 Å². The van der Waals surface area contributed by atoms with Gasteiger partial charge in [0.2, 0.25) is 0 Å². The van der Waals surface area contributed by atoms with Crippen LogP contribution in [0.15, 0.2) is 0 Å². The average molecular weight is 336 g/mol. The topological polar surface area (TPSA) is 66.8 Å². The highest BCUT2D eigenvalue weighted by molar-refractivity contribution is 5.85. The molecule has 4 saturated carbocycles. The van der Waals surface area contributed by atoms with Crippen LogP contribution in [0, 0.1) is 34.0 Å². The van der Waals surface area contributed by atoms with Gasteiger partial charge in [0.1, 0.15) is 11.4 Å². The molecule has 0 amide bonds. The second kappa shape index (κ2) is 5.05. The number of ketones is 1. The van der Waals surface area contributed by atoms with E-state index in [0.29, 0.717) is 24.0 Å². The second-order valence-corrected chi connectivity index (χ2v) is 10.1. The van der Waals surface area contributed by atoms with Crippen molar-refractivity contribution in [2.75, 3.05) is 6.61 Å². The first kappa shape index (κ1) is 17.0. The maximum absolute atomic E-state index is 12.5. The molecule has 0 radical (unpaired) electrons. The van der Waals surface area contributed by atoms with Crippen LogP contribution >= 0.6 is 0 Å². The van der Waals surface area contributed by atoms with Crippen LogP contribution in [0.25, 0.3) is 0 Å². The Kier molecular flexibility index (Phi) is 3.57. The zero-order valence-electron chi connectivity index (χ0n) is 15.3. The fourth-order valence-corrected chi connectivity index (χ4v) is 7.95. The van der Waals surface area contributed by atoms with Gasteiger partial charge in [-0.15, -0.1) is 0 Å². The standard InChI is InChI=1S/C20H32O4/c1-17(2)14-6-9-19-10-13(20(11-19,12-21)24-23)4-5-15(19)18(14,3)8-7-16(17)22/h13-15,21,23H,4-12H2,1-3H3. The lowest BCUT2D eigenvalue weighted by Gasteiger charge is -2.63. The number of Topliss-reactive ketones (excluding diaryl/α,β-unsaturated/α-hetero) is 1. The molecule has 1 spiro atoms. The molecule has 0 aromatic rings. The molecule has 4 aliphatic rings. The summed E-state index contributed by atoms with van der Waals surface area (Å²) in [7, 11) is 0. The van der Waals surface area contributed by atoms with Crippen LogP contribution in [0.2, 0.25) is 0 Å². The number of rotatable bonds is 2. The zero-order valence-corrected chi connectivity index (χ0v) is 15.3. The monoisotopic (exact) mass is 336 g/mol. The third-order valence-electron chi connectivity index (χ3n) is 9.04. The minimum absolute atomic E-state index is 0.0905. The van der Waals surface area contributed by atoms with Crippen LogP contribution in [0.5, 0.6) is 0 Å². The number of carbonyl (C=O) groups is 1. The van der Waals surface area contributed by atoms with E-state index < -0.39 is 5.60 Å². The predicted molar refractivity (Wildman–Crippen MR) is 90.3 cm³/mol. The summed E-state index contributed by atoms with van der Waals surface area (Å²) in [5.74, 6) is 1.74. The molecule has 0 saturated heterocycles. The Morgan fingerprint density at radius 3 is 2.54 bits per heavy atom. The van der Waals surface area contributed by atoms with Crippen molar-refractivity contribution in [2.24, 2.45) is 34.0 Å². The maximum atomic E-state index is 12.5. The van der Waals surface area contributed by atoms with Gasteiger partial charge in [0.15, 0.2) is 0 Å². The molecule has 0 aromatic carbocycles. The molecule has 4 heteroatoms. The fourth-order valence-electron chi connectivity index (χ4n) is 7.95. The smallest absolute Gasteiger partial charge is 0.138 e. The third kappa shape index (κ3) is 1.88. The molecular formula is C20H32O4. The van der Waals surface area contributed by atoms with E-state index in [1.165, 1.54) is 0 Å². The van der Waals surface area contributed by atoms with E-state index in [2.05, 4.69) is 20.8 Å². The Hall–Kier alpha value is -0.450. The first-order valence-corrected chi connectivity index (χ1v) is 9.71. The summed E-state index contributed by atoms with van der Waals surface area (Å²) in [6.45, 7) is 6.65. The highest BCUT2D eigenvalue weighted by atomic mass is 17.1. The molecule has 2 N–H and O–H groups in total. The molecule has 4 nitrogen and oxygen atoms in total. The van der Waals surface area contributed by atoms with Gasteiger partial charge in [-0.1, -0.05) is 20.8 Å². The van der Waals surface area contributed by atoms with Crippen molar-refractivity contribution in [3.8, 4) is 0 Å². The van der Waals surface area contributed by atoms with E-state index in [1.54, 1.807) is 0 Å². The van der Waals surface area contributed by atoms with Crippen molar-refractivity contribution in [1.82, 2.24) is 0 Å². The van der Waals surface area contributed by atoms with Gasteiger partial charge in [-0.05, 0) is 73.5 Å². The Morgan fingerprint density at radius 2 is 1.88 bits per heavy atom. The summed E-state index contributed by atoms with van der Waals surface area (Å²) >= 11 is 0. The quantitative estimate of drug-likeness (QED) is 0.594. The van der Waals surface area contributed by atoms with E-state index in [-0.39, 0.29) is 28.8 Å². The number of carbonyl (C=O) groups excluding carboxylic acids is 1. The Balaban J connectivity index is 1.72. The van der Waals surface area contributed by atoms with Crippen LogP contribution in [0.3, 0.4) is 0 Å². The van der Waals surface area contributed by atoms with Crippen LogP contribution < -0.4 is 0 Å². The average Bonchev–Trinajstić information content (AvgIpc) is 2.79. The molecule has 2 bridgehead atoms. The van der Waals surface area contributed by atoms with Gasteiger partial charge >= 0.3 is 0 Å². The minimum Gasteiger partial charge on any atom is -0.393 e. The highest BCUT2D eigenvalue weighted by Crippen LogP contribution is 2.72. The molecule has 0 aromatic heterocycles. The normalized spacial score (nSPS) is 52.7. The first-order valence-electron chi connectivity index (χ1n) is 9.71. The summed E-state index contributed by atoms with van der Waals surface area (Å²) in [5, 5.41) is 19.5. The number of fused-ring (bicyclic) bond motifs is 3. The lowest BCUT2D eigenvalue weighted by atomic mass is 9.41. The van der Waals surface area contributed by atoms with Crippen LogP contribution in [0.4, 0.5) is 0 Å². The van der Waals surface area contributed by atoms with Gasteiger partial charge in [-0.3, -0.25) is 10.1 Å². The Labute approximate surface area is 144 Å². The number of aliphatic hydroxyl groups is 1. The summed E-state index contributed by atoms with van der Waals surface area (Å²) in [6, 6.07) is 0. The zero-order chi connectivity index (χ0) is 17.4. The molecule has 4 fully saturated rings. The maximum Gasteiger partial charge on any atom is 0.138 e. The molecule has 4 aliphatic carbocycles. The molecule has 136 valence electrons. The molecule has 4 rings (SSSR count). The molecule has 24 heavy (non-hydrogen) atoms. The predicted octanol–water partition coefficient (Wildman–Crippen LogP) is 3.82. The minimum atomic E-state index is -0.752. The van der Waals surface area contributed by atoms with E-state index >= 15 is 0 Å². The highest BCUT2D eigenvalue weighted by Gasteiger charge is 2.68. The third-order valence-corrected chi connectivity index (χ3v) is 9.04. The van der Waals surface area contributed by atoms with Crippen LogP contribution in [-0.4, -0.2) is 28.4 Å². The van der Waals surface area contributed by atoms with Crippen molar-refractivity contribution in [3.05, 3.63) is 0 Å². The number of hydrogen-bond donors (Lipinski definition) is 2. The summed E-state index contributed by atoms with van der Waals surface area (Å²) < 4.78 is 0. The van der Waals surface area contributed by atoms with E-state index in [9.17, 15) is 15.2 Å². The van der Waals surface area contributed by atoms with Crippen LogP contribution in [0.1, 0.15) is 72.1 Å². The molecular weight excluding hydrogens is 304 g/mol. The second-order valence-electron chi connectivity index (χ2n) is 10.1. The lowest BCUT2D eigenvalue weighted by Crippen LogP contribution is -2.58. The van der Waals surface area contributed by atoms with E-state index in [0.717, 1.165) is 44.9 Å². The summed E-state index contributed by atoms with van der Waals surface area (Å²) in [6.07, 6.45) is 7.91. The van der Waals surface area contributed by atoms with Crippen LogP contribution in [-0.2, 0) is 9.68 Å². The van der Waals surface area contributed by atoms with Crippen molar-refractivity contribution < 1.29 is 20.0 Å². The van der Waals surface area contributed by atoms with Crippen molar-refractivity contribution in [1.29, 1.82) is 0 Å². The molecule has 6 atom stereocenters.